The number of ether oxygens (including phenoxy) is 2. The molecule has 118 valence electrons. The molecule has 0 saturated carbocycles. The molecule has 0 fully saturated rings. The average molecular weight is 350 g/mol. The van der Waals surface area contributed by atoms with Gasteiger partial charge in [0, 0.05) is 6.07 Å². The van der Waals surface area contributed by atoms with Crippen LogP contribution >= 0.6 is 23.4 Å². The molecule has 0 spiro atoms. The summed E-state index contributed by atoms with van der Waals surface area (Å²) in [7, 11) is 3.19. The molecular weight excluding hydrogens is 338 g/mol. The summed E-state index contributed by atoms with van der Waals surface area (Å²) in [6.07, 6.45) is 2.95. The number of hydrogen-bond acceptors (Lipinski definition) is 7. The van der Waals surface area contributed by atoms with Crippen molar-refractivity contribution in [1.82, 2.24) is 25.1 Å². The number of aromatic nitrogens is 5. The Hall–Kier alpha value is -2.32. The van der Waals surface area contributed by atoms with E-state index in [1.54, 1.807) is 20.3 Å². The molecule has 2 aromatic heterocycles. The number of methoxy groups -OCH3 is 2. The molecule has 0 aliphatic rings. The lowest BCUT2D eigenvalue weighted by Gasteiger charge is -2.07. The van der Waals surface area contributed by atoms with Crippen LogP contribution in [0.3, 0.4) is 0 Å². The second-order valence-electron chi connectivity index (χ2n) is 4.31. The highest BCUT2D eigenvalue weighted by molar-refractivity contribution is 7.99. The van der Waals surface area contributed by atoms with Gasteiger partial charge in [0.25, 0.3) is 0 Å². The summed E-state index contributed by atoms with van der Waals surface area (Å²) in [5.41, 5.74) is 0.779. The van der Waals surface area contributed by atoms with E-state index in [0.29, 0.717) is 32.5 Å². The van der Waals surface area contributed by atoms with Gasteiger partial charge in [0.05, 0.1) is 31.0 Å². The van der Waals surface area contributed by atoms with Gasteiger partial charge in [-0.05, 0) is 23.9 Å². The SMILES string of the molecule is COc1ccc(-c2nc(Sc3ncncc3Cl)n[nH]2)c(OC)c1. The zero-order chi connectivity index (χ0) is 16.2. The second kappa shape index (κ2) is 6.84. The summed E-state index contributed by atoms with van der Waals surface area (Å²) in [6.45, 7) is 0. The molecule has 0 aliphatic heterocycles. The number of hydrogen-bond donors (Lipinski definition) is 1. The maximum atomic E-state index is 6.03. The minimum atomic E-state index is 0.450. The molecule has 0 radical (unpaired) electrons. The summed E-state index contributed by atoms with van der Waals surface area (Å²) < 4.78 is 10.6. The molecule has 2 heterocycles. The smallest absolute Gasteiger partial charge is 0.215 e. The van der Waals surface area contributed by atoms with Crippen molar-refractivity contribution in [1.29, 1.82) is 0 Å². The fourth-order valence-corrected chi connectivity index (χ4v) is 2.74. The lowest BCUT2D eigenvalue weighted by atomic mass is 10.2. The lowest BCUT2D eigenvalue weighted by molar-refractivity contribution is 0.395. The summed E-state index contributed by atoms with van der Waals surface area (Å²) in [6, 6.07) is 5.46. The number of nitrogens with zero attached hydrogens (tertiary/aromatic N) is 4. The molecule has 1 aromatic carbocycles. The number of nitrogens with one attached hydrogen (secondary N) is 1. The molecular formula is C14H12ClN5O2S. The van der Waals surface area contributed by atoms with Crippen LogP contribution in [-0.4, -0.2) is 39.4 Å². The maximum absolute atomic E-state index is 6.03. The highest BCUT2D eigenvalue weighted by Crippen LogP contribution is 2.33. The van der Waals surface area contributed by atoms with E-state index in [9.17, 15) is 0 Å². The van der Waals surface area contributed by atoms with E-state index in [1.165, 1.54) is 24.3 Å². The van der Waals surface area contributed by atoms with E-state index in [-0.39, 0.29) is 0 Å². The van der Waals surface area contributed by atoms with Gasteiger partial charge in [-0.2, -0.15) is 0 Å². The fraction of sp³-hybridized carbons (Fsp3) is 0.143. The third-order valence-electron chi connectivity index (χ3n) is 2.95. The molecule has 0 amide bonds. The van der Waals surface area contributed by atoms with Crippen molar-refractivity contribution < 1.29 is 9.47 Å². The van der Waals surface area contributed by atoms with Crippen molar-refractivity contribution in [2.45, 2.75) is 10.2 Å². The summed E-state index contributed by atoms with van der Waals surface area (Å²) in [5.74, 6) is 1.92. The zero-order valence-electron chi connectivity index (χ0n) is 12.3. The Kier molecular flexibility index (Phi) is 4.63. The highest BCUT2D eigenvalue weighted by atomic mass is 35.5. The Morgan fingerprint density at radius 3 is 2.83 bits per heavy atom. The molecule has 3 rings (SSSR count). The molecule has 7 nitrogen and oxygen atoms in total. The molecule has 3 aromatic rings. The number of halogens is 1. The van der Waals surface area contributed by atoms with Crippen molar-refractivity contribution in [2.75, 3.05) is 14.2 Å². The van der Waals surface area contributed by atoms with E-state index in [2.05, 4.69) is 25.1 Å². The second-order valence-corrected chi connectivity index (χ2v) is 5.67. The first-order chi connectivity index (χ1) is 11.2. The van der Waals surface area contributed by atoms with Crippen LogP contribution < -0.4 is 9.47 Å². The van der Waals surface area contributed by atoms with Crippen molar-refractivity contribution in [3.63, 3.8) is 0 Å². The third-order valence-corrected chi connectivity index (χ3v) is 4.22. The molecule has 0 unspecified atom stereocenters. The summed E-state index contributed by atoms with van der Waals surface area (Å²) >= 11 is 7.28. The number of rotatable bonds is 5. The first-order valence-corrected chi connectivity index (χ1v) is 7.69. The average Bonchev–Trinajstić information content (AvgIpc) is 3.04. The minimum Gasteiger partial charge on any atom is -0.497 e. The van der Waals surface area contributed by atoms with Crippen LogP contribution in [0.25, 0.3) is 11.4 Å². The largest absolute Gasteiger partial charge is 0.497 e. The van der Waals surface area contributed by atoms with Crippen LogP contribution in [0.1, 0.15) is 0 Å². The normalized spacial score (nSPS) is 10.6. The van der Waals surface area contributed by atoms with Crippen LogP contribution in [0.2, 0.25) is 5.02 Å². The van der Waals surface area contributed by atoms with Gasteiger partial charge in [-0.1, -0.05) is 11.6 Å². The monoisotopic (exact) mass is 349 g/mol. The van der Waals surface area contributed by atoms with Crippen molar-refractivity contribution >= 4 is 23.4 Å². The van der Waals surface area contributed by atoms with Gasteiger partial charge in [-0.3, -0.25) is 5.10 Å². The van der Waals surface area contributed by atoms with E-state index in [1.807, 2.05) is 12.1 Å². The predicted octanol–water partition coefficient (Wildman–Crippen LogP) is 3.08. The molecule has 0 atom stereocenters. The number of benzene rings is 1. The van der Waals surface area contributed by atoms with Crippen LogP contribution in [0.15, 0.2) is 40.9 Å². The van der Waals surface area contributed by atoms with Crippen LogP contribution in [0, 0.1) is 0 Å². The molecule has 23 heavy (non-hydrogen) atoms. The van der Waals surface area contributed by atoms with E-state index in [0.717, 1.165) is 5.56 Å². The topological polar surface area (TPSA) is 85.8 Å². The first kappa shape index (κ1) is 15.6. The van der Waals surface area contributed by atoms with Gasteiger partial charge in [0.1, 0.15) is 22.9 Å². The van der Waals surface area contributed by atoms with Gasteiger partial charge >= 0.3 is 0 Å². The Labute approximate surface area is 141 Å². The predicted molar refractivity (Wildman–Crippen MR) is 86.1 cm³/mol. The Morgan fingerprint density at radius 2 is 2.09 bits per heavy atom. The van der Waals surface area contributed by atoms with Crippen LogP contribution in [0.5, 0.6) is 11.5 Å². The van der Waals surface area contributed by atoms with Crippen molar-refractivity contribution in [3.05, 3.63) is 35.7 Å². The quantitative estimate of drug-likeness (QED) is 0.708. The summed E-state index contributed by atoms with van der Waals surface area (Å²) in [5, 5.41) is 8.59. The third kappa shape index (κ3) is 3.38. The Bertz CT molecular complexity index is 826. The number of H-pyrrole nitrogens is 1. The highest BCUT2D eigenvalue weighted by Gasteiger charge is 2.14. The van der Waals surface area contributed by atoms with Gasteiger partial charge in [-0.25, -0.2) is 15.0 Å². The summed E-state index contributed by atoms with van der Waals surface area (Å²) in [4.78, 5) is 12.4. The maximum Gasteiger partial charge on any atom is 0.215 e. The molecule has 0 bridgehead atoms. The van der Waals surface area contributed by atoms with Gasteiger partial charge in [-0.15, -0.1) is 5.10 Å². The van der Waals surface area contributed by atoms with Crippen LogP contribution in [-0.2, 0) is 0 Å². The van der Waals surface area contributed by atoms with E-state index < -0.39 is 0 Å². The van der Waals surface area contributed by atoms with E-state index >= 15 is 0 Å². The van der Waals surface area contributed by atoms with Gasteiger partial charge in [0.15, 0.2) is 5.82 Å². The standard InChI is InChI=1S/C14H12ClN5O2S/c1-21-8-3-4-9(11(5-8)22-2)12-18-14(20-19-12)23-13-10(15)6-16-7-17-13/h3-7H,1-2H3,(H,18,19,20). The number of aromatic amines is 1. The van der Waals surface area contributed by atoms with Gasteiger partial charge in [0.2, 0.25) is 5.16 Å². The van der Waals surface area contributed by atoms with E-state index in [4.69, 9.17) is 21.1 Å². The van der Waals surface area contributed by atoms with Crippen LogP contribution in [0.4, 0.5) is 0 Å². The molecule has 0 aliphatic carbocycles. The molecule has 9 heteroatoms. The van der Waals surface area contributed by atoms with Gasteiger partial charge < -0.3 is 9.47 Å². The first-order valence-electron chi connectivity index (χ1n) is 6.49. The van der Waals surface area contributed by atoms with Crippen molar-refractivity contribution in [3.8, 4) is 22.9 Å². The lowest BCUT2D eigenvalue weighted by Crippen LogP contribution is -1.91. The van der Waals surface area contributed by atoms with Crippen molar-refractivity contribution in [2.24, 2.45) is 0 Å². The molecule has 1 N–H and O–H groups in total. The fourth-order valence-electron chi connectivity index (χ4n) is 1.87. The molecule has 0 saturated heterocycles. The Balaban J connectivity index is 1.89. The minimum absolute atomic E-state index is 0.450. The zero-order valence-corrected chi connectivity index (χ0v) is 13.9. The Morgan fingerprint density at radius 1 is 1.22 bits per heavy atom.